The summed E-state index contributed by atoms with van der Waals surface area (Å²) in [7, 11) is 0. The van der Waals surface area contributed by atoms with Gasteiger partial charge in [0.25, 0.3) is 5.91 Å². The molecular weight excluding hydrogens is 276 g/mol. The lowest BCUT2D eigenvalue weighted by Crippen LogP contribution is -2.30. The van der Waals surface area contributed by atoms with Gasteiger partial charge in [0.15, 0.2) is 0 Å². The standard InChI is InChI=1S/C17H16N4O/c1-11-6-2-4-8-14(11)19-16-10-13(17(22)21-18)12-7-3-5-9-15(12)20-16/h2-10H,18H2,1H3,(H,19,20)(H,21,22). The summed E-state index contributed by atoms with van der Waals surface area (Å²) in [4.78, 5) is 16.6. The third-order valence-corrected chi connectivity index (χ3v) is 3.50. The van der Waals surface area contributed by atoms with E-state index in [4.69, 9.17) is 5.84 Å². The number of benzene rings is 2. The molecule has 110 valence electrons. The number of aromatic nitrogens is 1. The number of nitrogen functional groups attached to an aromatic ring is 1. The molecule has 5 nitrogen and oxygen atoms in total. The molecule has 22 heavy (non-hydrogen) atoms. The van der Waals surface area contributed by atoms with Crippen molar-refractivity contribution in [1.29, 1.82) is 0 Å². The van der Waals surface area contributed by atoms with Gasteiger partial charge >= 0.3 is 0 Å². The maximum absolute atomic E-state index is 12.0. The van der Waals surface area contributed by atoms with Gasteiger partial charge in [-0.3, -0.25) is 10.2 Å². The van der Waals surface area contributed by atoms with Crippen LogP contribution in [0.2, 0.25) is 0 Å². The Morgan fingerprint density at radius 1 is 1.09 bits per heavy atom. The zero-order chi connectivity index (χ0) is 15.5. The van der Waals surface area contributed by atoms with Crippen LogP contribution in [0.3, 0.4) is 0 Å². The Morgan fingerprint density at radius 2 is 1.82 bits per heavy atom. The van der Waals surface area contributed by atoms with Gasteiger partial charge in [-0.1, -0.05) is 36.4 Å². The number of carbonyl (C=O) groups excluding carboxylic acids is 1. The molecule has 0 unspecified atom stereocenters. The fraction of sp³-hybridized carbons (Fsp3) is 0.0588. The van der Waals surface area contributed by atoms with Gasteiger partial charge in [0.2, 0.25) is 0 Å². The molecule has 2 aromatic carbocycles. The summed E-state index contributed by atoms with van der Waals surface area (Å²) >= 11 is 0. The molecule has 3 rings (SSSR count). The summed E-state index contributed by atoms with van der Waals surface area (Å²) in [5.41, 5.74) is 5.46. The average Bonchev–Trinajstić information content (AvgIpc) is 2.55. The fourth-order valence-corrected chi connectivity index (χ4v) is 2.36. The maximum Gasteiger partial charge on any atom is 0.265 e. The van der Waals surface area contributed by atoms with Crippen molar-refractivity contribution in [3.63, 3.8) is 0 Å². The molecule has 0 spiro atoms. The zero-order valence-electron chi connectivity index (χ0n) is 12.1. The topological polar surface area (TPSA) is 80.0 Å². The lowest BCUT2D eigenvalue weighted by Gasteiger charge is -2.12. The van der Waals surface area contributed by atoms with Crippen LogP contribution in [0, 0.1) is 6.92 Å². The summed E-state index contributed by atoms with van der Waals surface area (Å²) in [6, 6.07) is 17.1. The highest BCUT2D eigenvalue weighted by atomic mass is 16.2. The van der Waals surface area contributed by atoms with Crippen LogP contribution in [0.5, 0.6) is 0 Å². The normalized spacial score (nSPS) is 10.5. The number of para-hydroxylation sites is 2. The molecule has 0 aliphatic rings. The molecule has 5 heteroatoms. The summed E-state index contributed by atoms with van der Waals surface area (Å²) in [5.74, 6) is 5.54. The van der Waals surface area contributed by atoms with E-state index in [1.165, 1.54) is 0 Å². The van der Waals surface area contributed by atoms with E-state index >= 15 is 0 Å². The molecule has 0 saturated carbocycles. The summed E-state index contributed by atoms with van der Waals surface area (Å²) in [5, 5.41) is 4.02. The molecule has 0 bridgehead atoms. The second kappa shape index (κ2) is 5.83. The van der Waals surface area contributed by atoms with Crippen LogP contribution in [0.15, 0.2) is 54.6 Å². The molecule has 0 saturated heterocycles. The van der Waals surface area contributed by atoms with E-state index in [-0.39, 0.29) is 5.91 Å². The molecule has 1 aromatic heterocycles. The van der Waals surface area contributed by atoms with Crippen molar-refractivity contribution in [2.75, 3.05) is 5.32 Å². The Balaban J connectivity index is 2.11. The number of rotatable bonds is 3. The minimum atomic E-state index is -0.341. The van der Waals surface area contributed by atoms with Crippen molar-refractivity contribution < 1.29 is 4.79 Å². The van der Waals surface area contributed by atoms with E-state index in [1.807, 2.05) is 55.5 Å². The van der Waals surface area contributed by atoms with E-state index in [2.05, 4.69) is 15.7 Å². The van der Waals surface area contributed by atoms with Gasteiger partial charge in [-0.05, 0) is 30.7 Å². The highest BCUT2D eigenvalue weighted by molar-refractivity contribution is 6.06. The quantitative estimate of drug-likeness (QED) is 0.394. The SMILES string of the molecule is Cc1ccccc1Nc1cc(C(=O)NN)c2ccccc2n1. The van der Waals surface area contributed by atoms with Gasteiger partial charge in [0.1, 0.15) is 5.82 Å². The Hall–Kier alpha value is -2.92. The van der Waals surface area contributed by atoms with Gasteiger partial charge in [-0.15, -0.1) is 0 Å². The van der Waals surface area contributed by atoms with Crippen molar-refractivity contribution in [1.82, 2.24) is 10.4 Å². The minimum absolute atomic E-state index is 0.341. The summed E-state index contributed by atoms with van der Waals surface area (Å²) in [6.07, 6.45) is 0. The molecule has 0 aliphatic heterocycles. The van der Waals surface area contributed by atoms with Gasteiger partial charge in [0, 0.05) is 11.1 Å². The van der Waals surface area contributed by atoms with Gasteiger partial charge in [0.05, 0.1) is 11.1 Å². The zero-order valence-corrected chi connectivity index (χ0v) is 12.1. The number of anilines is 2. The van der Waals surface area contributed by atoms with Crippen LogP contribution in [0.4, 0.5) is 11.5 Å². The lowest BCUT2D eigenvalue weighted by atomic mass is 10.1. The number of fused-ring (bicyclic) bond motifs is 1. The second-order valence-corrected chi connectivity index (χ2v) is 4.99. The van der Waals surface area contributed by atoms with Gasteiger partial charge in [-0.2, -0.15) is 0 Å². The van der Waals surface area contributed by atoms with Gasteiger partial charge < -0.3 is 5.32 Å². The number of carbonyl (C=O) groups is 1. The highest BCUT2D eigenvalue weighted by Crippen LogP contribution is 2.24. The Kier molecular flexibility index (Phi) is 3.72. The first kappa shape index (κ1) is 14.0. The minimum Gasteiger partial charge on any atom is -0.340 e. The van der Waals surface area contributed by atoms with Crippen molar-refractivity contribution in [3.8, 4) is 0 Å². The number of hydrazine groups is 1. The van der Waals surface area contributed by atoms with Crippen LogP contribution in [-0.2, 0) is 0 Å². The van der Waals surface area contributed by atoms with Crippen LogP contribution < -0.4 is 16.6 Å². The van der Waals surface area contributed by atoms with Crippen LogP contribution in [0.1, 0.15) is 15.9 Å². The molecule has 0 atom stereocenters. The number of hydrogen-bond donors (Lipinski definition) is 3. The lowest BCUT2D eigenvalue weighted by molar-refractivity contribution is 0.0955. The third kappa shape index (κ3) is 2.62. The Labute approximate surface area is 128 Å². The van der Waals surface area contributed by atoms with Crippen molar-refractivity contribution >= 4 is 28.3 Å². The number of nitrogens with two attached hydrogens (primary N) is 1. The number of nitrogens with one attached hydrogen (secondary N) is 2. The maximum atomic E-state index is 12.0. The Morgan fingerprint density at radius 3 is 2.59 bits per heavy atom. The van der Waals surface area contributed by atoms with Crippen molar-refractivity contribution in [2.45, 2.75) is 6.92 Å². The molecule has 3 aromatic rings. The first-order valence-corrected chi connectivity index (χ1v) is 6.92. The first-order chi connectivity index (χ1) is 10.7. The number of pyridine rings is 1. The predicted octanol–water partition coefficient (Wildman–Crippen LogP) is 2.89. The van der Waals surface area contributed by atoms with Crippen molar-refractivity contribution in [2.24, 2.45) is 5.84 Å². The Bertz CT molecular complexity index is 845. The van der Waals surface area contributed by atoms with Gasteiger partial charge in [-0.25, -0.2) is 10.8 Å². The predicted molar refractivity (Wildman–Crippen MR) is 87.9 cm³/mol. The molecule has 0 aliphatic carbocycles. The summed E-state index contributed by atoms with van der Waals surface area (Å²) in [6.45, 7) is 2.01. The number of nitrogens with zero attached hydrogens (tertiary/aromatic N) is 1. The highest BCUT2D eigenvalue weighted by Gasteiger charge is 2.12. The molecule has 1 heterocycles. The number of aryl methyl sites for hydroxylation is 1. The van der Waals surface area contributed by atoms with E-state index in [9.17, 15) is 4.79 Å². The fourth-order valence-electron chi connectivity index (χ4n) is 2.36. The number of amides is 1. The second-order valence-electron chi connectivity index (χ2n) is 4.99. The third-order valence-electron chi connectivity index (χ3n) is 3.50. The van der Waals surface area contributed by atoms with E-state index in [0.29, 0.717) is 11.4 Å². The first-order valence-electron chi connectivity index (χ1n) is 6.92. The van der Waals surface area contributed by atoms with E-state index in [1.54, 1.807) is 6.07 Å². The van der Waals surface area contributed by atoms with E-state index < -0.39 is 0 Å². The van der Waals surface area contributed by atoms with Crippen LogP contribution in [-0.4, -0.2) is 10.9 Å². The van der Waals surface area contributed by atoms with E-state index in [0.717, 1.165) is 22.2 Å². The molecule has 4 N–H and O–H groups in total. The van der Waals surface area contributed by atoms with Crippen LogP contribution in [0.25, 0.3) is 10.9 Å². The van der Waals surface area contributed by atoms with Crippen molar-refractivity contribution in [3.05, 3.63) is 65.7 Å². The molecule has 1 amide bonds. The van der Waals surface area contributed by atoms with Crippen LogP contribution >= 0.6 is 0 Å². The average molecular weight is 292 g/mol. The largest absolute Gasteiger partial charge is 0.340 e. The monoisotopic (exact) mass is 292 g/mol. The number of hydrogen-bond acceptors (Lipinski definition) is 4. The molecular formula is C17H16N4O. The smallest absolute Gasteiger partial charge is 0.265 e. The summed E-state index contributed by atoms with van der Waals surface area (Å²) < 4.78 is 0. The molecule has 0 radical (unpaired) electrons. The molecule has 0 fully saturated rings.